The molecular formula is C27H25N7. The molecule has 1 aromatic heterocycles. The minimum Gasteiger partial charge on any atom is -0.361 e. The van der Waals surface area contributed by atoms with E-state index < -0.39 is 6.04 Å². The number of hydrogen-bond acceptors (Lipinski definition) is 4. The van der Waals surface area contributed by atoms with E-state index in [1.807, 2.05) is 36.6 Å². The van der Waals surface area contributed by atoms with Gasteiger partial charge in [0.25, 0.3) is 0 Å². The fraction of sp³-hybridized carbons (Fsp3) is 0.222. The van der Waals surface area contributed by atoms with Crippen LogP contribution in [0, 0.1) is 18.3 Å². The maximum absolute atomic E-state index is 9.36. The topological polar surface area (TPSA) is 102 Å². The Balaban J connectivity index is 1.71. The van der Waals surface area contributed by atoms with E-state index in [1.54, 1.807) is 12.1 Å². The Labute approximate surface area is 198 Å². The average molecular weight is 448 g/mol. The molecule has 0 bridgehead atoms. The Morgan fingerprint density at radius 2 is 2.06 bits per heavy atom. The summed E-state index contributed by atoms with van der Waals surface area (Å²) in [4.78, 5) is 3.16. The van der Waals surface area contributed by atoms with E-state index in [2.05, 4.69) is 56.4 Å². The van der Waals surface area contributed by atoms with Gasteiger partial charge in [0, 0.05) is 59.5 Å². The van der Waals surface area contributed by atoms with Crippen LogP contribution in [0.15, 0.2) is 72.0 Å². The molecule has 1 atom stereocenters. The molecule has 0 amide bonds. The van der Waals surface area contributed by atoms with Crippen molar-refractivity contribution in [2.24, 2.45) is 5.11 Å². The second kappa shape index (κ2) is 9.32. The maximum atomic E-state index is 9.36. The third-order valence-corrected chi connectivity index (χ3v) is 6.45. The first-order valence-corrected chi connectivity index (χ1v) is 11.4. The van der Waals surface area contributed by atoms with Crippen molar-refractivity contribution in [1.29, 1.82) is 5.26 Å². The molecule has 7 nitrogen and oxygen atoms in total. The van der Waals surface area contributed by atoms with E-state index in [4.69, 9.17) is 5.26 Å². The Morgan fingerprint density at radius 1 is 1.21 bits per heavy atom. The van der Waals surface area contributed by atoms with Gasteiger partial charge >= 0.3 is 0 Å². The number of aromatic nitrogens is 1. The third-order valence-electron chi connectivity index (χ3n) is 6.45. The van der Waals surface area contributed by atoms with E-state index in [9.17, 15) is 5.53 Å². The highest BCUT2D eigenvalue weighted by molar-refractivity contribution is 5.96. The number of hydrogen-bond donors (Lipinski definition) is 2. The molecule has 3 heterocycles. The van der Waals surface area contributed by atoms with Gasteiger partial charge in [0.1, 0.15) is 0 Å². The van der Waals surface area contributed by atoms with Crippen LogP contribution < -0.4 is 10.6 Å². The normalized spacial score (nSPS) is 15.5. The van der Waals surface area contributed by atoms with Gasteiger partial charge in [-0.2, -0.15) is 5.26 Å². The molecule has 2 N–H and O–H groups in total. The smallest absolute Gasteiger partial charge is 0.0991 e. The van der Waals surface area contributed by atoms with Crippen LogP contribution >= 0.6 is 0 Å². The van der Waals surface area contributed by atoms with E-state index in [1.165, 1.54) is 22.2 Å². The predicted molar refractivity (Wildman–Crippen MR) is 135 cm³/mol. The molecule has 2 aliphatic rings. The number of azide groups is 1. The summed E-state index contributed by atoms with van der Waals surface area (Å²) < 4.78 is 2.35. The number of fused-ring (bicyclic) bond motifs is 3. The number of aryl methyl sites for hydroxylation is 1. The molecule has 2 aliphatic heterocycles. The summed E-state index contributed by atoms with van der Waals surface area (Å²) in [7, 11) is 0. The zero-order chi connectivity index (χ0) is 23.5. The number of rotatable bonds is 5. The quantitative estimate of drug-likeness (QED) is 0.305. The highest BCUT2D eigenvalue weighted by Crippen LogP contribution is 2.36. The Bertz CT molecular complexity index is 1420. The van der Waals surface area contributed by atoms with Crippen LogP contribution in [-0.4, -0.2) is 11.1 Å². The first-order chi connectivity index (χ1) is 16.7. The van der Waals surface area contributed by atoms with Gasteiger partial charge in [-0.3, -0.25) is 0 Å². The SMILES string of the molecule is Cc1cc(C2=CC=CC=CN2)c2c(c1)c1c(n2CC(N=[N+]=[N-])c2ccc(C#N)cc2)CCNC1. The molecule has 0 fully saturated rings. The van der Waals surface area contributed by atoms with Crippen molar-refractivity contribution in [1.82, 2.24) is 15.2 Å². The molecular weight excluding hydrogens is 422 g/mol. The van der Waals surface area contributed by atoms with Crippen molar-refractivity contribution in [2.45, 2.75) is 32.5 Å². The Morgan fingerprint density at radius 3 is 2.85 bits per heavy atom. The number of nitriles is 1. The molecule has 0 aliphatic carbocycles. The van der Waals surface area contributed by atoms with Gasteiger partial charge < -0.3 is 15.2 Å². The van der Waals surface area contributed by atoms with Crippen molar-refractivity contribution >= 4 is 16.6 Å². The fourth-order valence-electron chi connectivity index (χ4n) is 4.91. The second-order valence-corrected chi connectivity index (χ2v) is 8.59. The lowest BCUT2D eigenvalue weighted by Crippen LogP contribution is -2.25. The largest absolute Gasteiger partial charge is 0.361 e. The van der Waals surface area contributed by atoms with E-state index >= 15 is 0 Å². The summed E-state index contributed by atoms with van der Waals surface area (Å²) in [6.45, 7) is 4.38. The maximum Gasteiger partial charge on any atom is 0.0991 e. The van der Waals surface area contributed by atoms with Gasteiger partial charge in [-0.1, -0.05) is 29.4 Å². The van der Waals surface area contributed by atoms with Gasteiger partial charge in [-0.25, -0.2) is 0 Å². The Kier molecular flexibility index (Phi) is 5.92. The molecule has 3 aromatic rings. The van der Waals surface area contributed by atoms with Crippen molar-refractivity contribution in [3.05, 3.63) is 111 Å². The predicted octanol–water partition coefficient (Wildman–Crippen LogP) is 5.53. The highest BCUT2D eigenvalue weighted by atomic mass is 15.2. The zero-order valence-corrected chi connectivity index (χ0v) is 19.0. The fourth-order valence-corrected chi connectivity index (χ4v) is 4.91. The summed E-state index contributed by atoms with van der Waals surface area (Å²) in [6.07, 6.45) is 11.0. The average Bonchev–Trinajstić information content (AvgIpc) is 3.01. The van der Waals surface area contributed by atoms with Crippen LogP contribution in [0.2, 0.25) is 0 Å². The second-order valence-electron chi connectivity index (χ2n) is 8.59. The summed E-state index contributed by atoms with van der Waals surface area (Å²) >= 11 is 0. The number of allylic oxidation sites excluding steroid dienone is 4. The monoisotopic (exact) mass is 447 g/mol. The molecule has 0 saturated heterocycles. The summed E-state index contributed by atoms with van der Waals surface area (Å²) in [5, 5.41) is 21.5. The minimum atomic E-state index is -0.391. The van der Waals surface area contributed by atoms with Crippen LogP contribution in [0.1, 0.15) is 39.6 Å². The van der Waals surface area contributed by atoms with Gasteiger partial charge in [0.2, 0.25) is 0 Å². The minimum absolute atomic E-state index is 0.391. The first kappa shape index (κ1) is 21.6. The van der Waals surface area contributed by atoms with Crippen molar-refractivity contribution in [2.75, 3.05) is 6.54 Å². The molecule has 7 heteroatoms. The lowest BCUT2D eigenvalue weighted by molar-refractivity contribution is 0.544. The lowest BCUT2D eigenvalue weighted by atomic mass is 10.0. The third kappa shape index (κ3) is 3.97. The first-order valence-electron chi connectivity index (χ1n) is 11.4. The molecule has 1 unspecified atom stereocenters. The van der Waals surface area contributed by atoms with Gasteiger partial charge in [-0.15, -0.1) is 0 Å². The number of nitrogens with zero attached hydrogens (tertiary/aromatic N) is 5. The van der Waals surface area contributed by atoms with Crippen LogP contribution in [-0.2, 0) is 19.5 Å². The van der Waals surface area contributed by atoms with E-state index in [0.717, 1.165) is 41.9 Å². The molecule has 34 heavy (non-hydrogen) atoms. The van der Waals surface area contributed by atoms with Crippen molar-refractivity contribution in [3.63, 3.8) is 0 Å². The highest BCUT2D eigenvalue weighted by Gasteiger charge is 2.25. The molecule has 168 valence electrons. The Hall–Kier alpha value is -4.24. The zero-order valence-electron chi connectivity index (χ0n) is 19.0. The molecule has 5 rings (SSSR count). The van der Waals surface area contributed by atoms with Gasteiger partial charge in [0.05, 0.1) is 23.2 Å². The van der Waals surface area contributed by atoms with Crippen molar-refractivity contribution < 1.29 is 0 Å². The molecule has 0 radical (unpaired) electrons. The molecule has 0 spiro atoms. The van der Waals surface area contributed by atoms with E-state index in [-0.39, 0.29) is 0 Å². The van der Waals surface area contributed by atoms with Crippen LogP contribution in [0.5, 0.6) is 0 Å². The lowest BCUT2D eigenvalue weighted by Gasteiger charge is -2.21. The molecule has 0 saturated carbocycles. The molecule has 2 aromatic carbocycles. The number of benzene rings is 2. The summed E-state index contributed by atoms with van der Waals surface area (Å²) in [5.74, 6) is 0. The van der Waals surface area contributed by atoms with Crippen molar-refractivity contribution in [3.8, 4) is 6.07 Å². The summed E-state index contributed by atoms with van der Waals surface area (Å²) in [6, 6.07) is 13.5. The van der Waals surface area contributed by atoms with Gasteiger partial charge in [0.15, 0.2) is 0 Å². The number of nitrogens with one attached hydrogen (secondary N) is 2. The van der Waals surface area contributed by atoms with Crippen LogP contribution in [0.3, 0.4) is 0 Å². The van der Waals surface area contributed by atoms with Crippen LogP contribution in [0.4, 0.5) is 0 Å². The standard InChI is InChI=1S/C27H25N7/c1-18-13-21-23-16-30-12-10-26(23)34(27(21)22(14-18)24-5-3-2-4-11-31-24)17-25(32-33-29)20-8-6-19(15-28)7-9-20/h2-9,11,13-14,25,30-31H,10,12,16-17H2,1H3. The van der Waals surface area contributed by atoms with E-state index in [0.29, 0.717) is 12.1 Å². The summed E-state index contributed by atoms with van der Waals surface area (Å²) in [5.41, 5.74) is 17.9. The van der Waals surface area contributed by atoms with Crippen LogP contribution in [0.25, 0.3) is 27.0 Å². The van der Waals surface area contributed by atoms with Gasteiger partial charge in [-0.05, 0) is 65.6 Å².